The molecule has 1 aromatic carbocycles. The number of carbonyl (C=O) groups is 2. The van der Waals surface area contributed by atoms with E-state index in [-0.39, 0.29) is 12.4 Å². The van der Waals surface area contributed by atoms with Gasteiger partial charge in [-0.1, -0.05) is 30.3 Å². The van der Waals surface area contributed by atoms with Gasteiger partial charge in [-0.25, -0.2) is 4.79 Å². The molecule has 5 heteroatoms. The Kier molecular flexibility index (Phi) is 6.39. The first-order valence-corrected chi connectivity index (χ1v) is 8.52. The smallest absolute Gasteiger partial charge is 0.339 e. The van der Waals surface area contributed by atoms with E-state index in [4.69, 9.17) is 9.47 Å². The summed E-state index contributed by atoms with van der Waals surface area (Å²) >= 11 is 0. The Labute approximate surface area is 148 Å². The van der Waals surface area contributed by atoms with Crippen LogP contribution < -0.4 is 0 Å². The van der Waals surface area contributed by atoms with E-state index in [0.29, 0.717) is 30.7 Å². The van der Waals surface area contributed by atoms with Crippen LogP contribution in [0.4, 0.5) is 0 Å². The molecule has 0 aliphatic heterocycles. The molecule has 0 N–H and O–H groups in total. The van der Waals surface area contributed by atoms with Crippen molar-refractivity contribution in [3.05, 3.63) is 58.4 Å². The molecule has 2 rings (SSSR count). The summed E-state index contributed by atoms with van der Waals surface area (Å²) in [5, 5.41) is 0. The van der Waals surface area contributed by atoms with Crippen LogP contribution in [0.2, 0.25) is 0 Å². The molecule has 0 radical (unpaired) electrons. The average molecular weight is 343 g/mol. The highest BCUT2D eigenvalue weighted by molar-refractivity contribution is 5.94. The van der Waals surface area contributed by atoms with Crippen molar-refractivity contribution in [3.8, 4) is 0 Å². The lowest BCUT2D eigenvalue weighted by molar-refractivity contribution is -0.142. The Bertz CT molecular complexity index is 747. The fourth-order valence-corrected chi connectivity index (χ4v) is 3.20. The number of esters is 2. The van der Waals surface area contributed by atoms with Crippen molar-refractivity contribution >= 4 is 11.9 Å². The predicted molar refractivity (Wildman–Crippen MR) is 95.8 cm³/mol. The summed E-state index contributed by atoms with van der Waals surface area (Å²) in [5.41, 5.74) is 4.08. The first-order valence-electron chi connectivity index (χ1n) is 8.52. The molecule has 0 aliphatic carbocycles. The van der Waals surface area contributed by atoms with E-state index in [2.05, 4.69) is 4.57 Å². The summed E-state index contributed by atoms with van der Waals surface area (Å²) < 4.78 is 12.1. The molecule has 0 spiro atoms. The van der Waals surface area contributed by atoms with E-state index < -0.39 is 5.97 Å². The highest BCUT2D eigenvalue weighted by atomic mass is 16.5. The van der Waals surface area contributed by atoms with Crippen LogP contribution in [0.15, 0.2) is 30.3 Å². The molecule has 0 unspecified atom stereocenters. The molecule has 0 bridgehead atoms. The Morgan fingerprint density at radius 1 is 1.12 bits per heavy atom. The van der Waals surface area contributed by atoms with Crippen LogP contribution >= 0.6 is 0 Å². The van der Waals surface area contributed by atoms with E-state index in [1.54, 1.807) is 6.92 Å². The number of carbonyl (C=O) groups excluding carboxylic acids is 2. The number of nitrogens with zero attached hydrogens (tertiary/aromatic N) is 1. The van der Waals surface area contributed by atoms with Crippen LogP contribution in [-0.2, 0) is 33.7 Å². The van der Waals surface area contributed by atoms with Gasteiger partial charge < -0.3 is 14.0 Å². The number of rotatable bonds is 7. The maximum absolute atomic E-state index is 12.3. The third kappa shape index (κ3) is 4.10. The van der Waals surface area contributed by atoms with Gasteiger partial charge in [-0.3, -0.25) is 4.79 Å². The first kappa shape index (κ1) is 18.8. The molecular weight excluding hydrogens is 318 g/mol. The summed E-state index contributed by atoms with van der Waals surface area (Å²) in [7, 11) is 1.36. The zero-order chi connectivity index (χ0) is 18.4. The van der Waals surface area contributed by atoms with Crippen molar-refractivity contribution < 1.29 is 19.1 Å². The number of hydrogen-bond acceptors (Lipinski definition) is 4. The third-order valence-corrected chi connectivity index (χ3v) is 4.29. The van der Waals surface area contributed by atoms with E-state index in [1.165, 1.54) is 7.11 Å². The lowest BCUT2D eigenvalue weighted by Crippen LogP contribution is -2.13. The molecule has 5 nitrogen and oxygen atoms in total. The molecule has 0 atom stereocenters. The Hall–Kier alpha value is -2.56. The number of benzene rings is 1. The molecule has 1 heterocycles. The van der Waals surface area contributed by atoms with Crippen LogP contribution in [0.25, 0.3) is 0 Å². The lowest BCUT2D eigenvalue weighted by Gasteiger charge is -2.11. The van der Waals surface area contributed by atoms with E-state index in [0.717, 1.165) is 17.0 Å². The highest BCUT2D eigenvalue weighted by Gasteiger charge is 2.27. The van der Waals surface area contributed by atoms with Gasteiger partial charge in [-0.15, -0.1) is 0 Å². The molecule has 0 aliphatic rings. The molecule has 134 valence electrons. The van der Waals surface area contributed by atoms with E-state index in [9.17, 15) is 9.59 Å². The van der Waals surface area contributed by atoms with E-state index in [1.807, 2.05) is 44.2 Å². The molecule has 0 amide bonds. The lowest BCUT2D eigenvalue weighted by atomic mass is 10.0. The zero-order valence-electron chi connectivity index (χ0n) is 15.3. The van der Waals surface area contributed by atoms with Gasteiger partial charge in [0.25, 0.3) is 0 Å². The fraction of sp³-hybridized carbons (Fsp3) is 0.400. The summed E-state index contributed by atoms with van der Waals surface area (Å²) in [6.07, 6.45) is 0.704. The summed E-state index contributed by atoms with van der Waals surface area (Å²) in [4.78, 5) is 24.4. The second-order valence-corrected chi connectivity index (χ2v) is 5.77. The minimum atomic E-state index is -0.418. The zero-order valence-corrected chi connectivity index (χ0v) is 15.3. The van der Waals surface area contributed by atoms with Crippen molar-refractivity contribution in [1.82, 2.24) is 4.57 Å². The highest BCUT2D eigenvalue weighted by Crippen LogP contribution is 2.27. The van der Waals surface area contributed by atoms with Crippen molar-refractivity contribution in [1.29, 1.82) is 0 Å². The fourth-order valence-electron chi connectivity index (χ4n) is 3.20. The number of hydrogen-bond donors (Lipinski definition) is 0. The second kappa shape index (κ2) is 8.51. The topological polar surface area (TPSA) is 57.5 Å². The van der Waals surface area contributed by atoms with Gasteiger partial charge in [0.05, 0.1) is 25.7 Å². The van der Waals surface area contributed by atoms with Crippen LogP contribution in [0.5, 0.6) is 0 Å². The second-order valence-electron chi connectivity index (χ2n) is 5.77. The standard InChI is InChI=1S/C20H25NO4/c1-5-21-14(3)19(20(23)24-4)16(13-18(22)25-6-2)17(21)12-15-10-8-7-9-11-15/h7-11H,5-6,12-13H2,1-4H3. The molecule has 1 aromatic heterocycles. The predicted octanol–water partition coefficient (Wildman–Crippen LogP) is 3.30. The number of aromatic nitrogens is 1. The largest absolute Gasteiger partial charge is 0.466 e. The molecule has 0 saturated carbocycles. The monoisotopic (exact) mass is 343 g/mol. The molecule has 25 heavy (non-hydrogen) atoms. The van der Waals surface area contributed by atoms with Gasteiger partial charge in [0.2, 0.25) is 0 Å². The summed E-state index contributed by atoms with van der Waals surface area (Å²) in [6.45, 7) is 6.71. The molecule has 2 aromatic rings. The summed E-state index contributed by atoms with van der Waals surface area (Å²) in [5.74, 6) is -0.756. The Morgan fingerprint density at radius 3 is 2.36 bits per heavy atom. The minimum absolute atomic E-state index is 0.0638. The van der Waals surface area contributed by atoms with Crippen LogP contribution in [0, 0.1) is 6.92 Å². The maximum Gasteiger partial charge on any atom is 0.339 e. The number of ether oxygens (including phenoxy) is 2. The first-order chi connectivity index (χ1) is 12.0. The average Bonchev–Trinajstić information content (AvgIpc) is 2.86. The van der Waals surface area contributed by atoms with Crippen LogP contribution in [-0.4, -0.2) is 30.2 Å². The normalized spacial score (nSPS) is 10.6. The van der Waals surface area contributed by atoms with Crippen molar-refractivity contribution in [2.24, 2.45) is 0 Å². The maximum atomic E-state index is 12.3. The van der Waals surface area contributed by atoms with Crippen molar-refractivity contribution in [2.45, 2.75) is 40.2 Å². The van der Waals surface area contributed by atoms with Crippen LogP contribution in [0.3, 0.4) is 0 Å². The van der Waals surface area contributed by atoms with Crippen molar-refractivity contribution in [3.63, 3.8) is 0 Å². The van der Waals surface area contributed by atoms with Gasteiger partial charge in [0.1, 0.15) is 0 Å². The van der Waals surface area contributed by atoms with Crippen molar-refractivity contribution in [2.75, 3.05) is 13.7 Å². The van der Waals surface area contributed by atoms with Gasteiger partial charge >= 0.3 is 11.9 Å². The van der Waals surface area contributed by atoms with Gasteiger partial charge in [0.15, 0.2) is 0 Å². The minimum Gasteiger partial charge on any atom is -0.466 e. The van der Waals surface area contributed by atoms with Gasteiger partial charge in [-0.05, 0) is 31.9 Å². The summed E-state index contributed by atoms with van der Waals surface area (Å²) in [6, 6.07) is 10.00. The molecule has 0 fully saturated rings. The van der Waals surface area contributed by atoms with Crippen LogP contribution in [0.1, 0.15) is 46.7 Å². The Balaban J connectivity index is 2.57. The van der Waals surface area contributed by atoms with Gasteiger partial charge in [0, 0.05) is 24.4 Å². The molecular formula is C20H25NO4. The van der Waals surface area contributed by atoms with Gasteiger partial charge in [-0.2, -0.15) is 0 Å². The molecule has 0 saturated heterocycles. The van der Waals surface area contributed by atoms with E-state index >= 15 is 0 Å². The third-order valence-electron chi connectivity index (χ3n) is 4.29. The number of methoxy groups -OCH3 is 1. The SMILES string of the molecule is CCOC(=O)Cc1c(C(=O)OC)c(C)n(CC)c1Cc1ccccc1. The Morgan fingerprint density at radius 2 is 1.80 bits per heavy atom. The quantitative estimate of drug-likeness (QED) is 0.724.